The lowest BCUT2D eigenvalue weighted by molar-refractivity contribution is -0.0254. The van der Waals surface area contributed by atoms with E-state index in [1.807, 2.05) is 0 Å². The highest BCUT2D eigenvalue weighted by Crippen LogP contribution is 2.10. The summed E-state index contributed by atoms with van der Waals surface area (Å²) in [4.78, 5) is 0. The molecule has 1 unspecified atom stereocenters. The van der Waals surface area contributed by atoms with Gasteiger partial charge in [0.1, 0.15) is 0 Å². The highest BCUT2D eigenvalue weighted by atomic mass is 16.5. The fraction of sp³-hybridized carbons (Fsp3) is 1.00. The second kappa shape index (κ2) is 3.15. The van der Waals surface area contributed by atoms with Crippen LogP contribution in [0.4, 0.5) is 0 Å². The second-order valence-electron chi connectivity index (χ2n) is 2.48. The Morgan fingerprint density at radius 1 is 1.56 bits per heavy atom. The van der Waals surface area contributed by atoms with Crippen molar-refractivity contribution in [2.24, 2.45) is 5.73 Å². The molecule has 0 saturated carbocycles. The van der Waals surface area contributed by atoms with Crippen LogP contribution in [0.5, 0.6) is 0 Å². The lowest BCUT2D eigenvalue weighted by Gasteiger charge is -2.24. The minimum Gasteiger partial charge on any atom is -0.394 e. The van der Waals surface area contributed by atoms with E-state index in [-0.39, 0.29) is 18.8 Å². The molecular weight excluding hydrogens is 118 g/mol. The molecule has 0 amide bonds. The molecule has 1 aliphatic heterocycles. The summed E-state index contributed by atoms with van der Waals surface area (Å²) in [7, 11) is 0. The number of rotatable bonds is 1. The summed E-state index contributed by atoms with van der Waals surface area (Å²) in [6, 6.07) is 0.188. The van der Waals surface area contributed by atoms with E-state index in [0.29, 0.717) is 6.61 Å². The Morgan fingerprint density at radius 3 is 2.78 bits per heavy atom. The third kappa shape index (κ3) is 1.93. The van der Waals surface area contributed by atoms with Crippen molar-refractivity contribution in [2.45, 2.75) is 25.0 Å². The second-order valence-corrected chi connectivity index (χ2v) is 2.48. The molecule has 3 N–H and O–H groups in total. The van der Waals surface area contributed by atoms with Gasteiger partial charge in [0.15, 0.2) is 0 Å². The van der Waals surface area contributed by atoms with E-state index in [2.05, 4.69) is 0 Å². The van der Waals surface area contributed by atoms with Crippen molar-refractivity contribution in [2.75, 3.05) is 13.2 Å². The van der Waals surface area contributed by atoms with Crippen LogP contribution in [0.25, 0.3) is 0 Å². The first-order valence-electron chi connectivity index (χ1n) is 3.31. The smallest absolute Gasteiger partial charge is 0.0807 e. The Balaban J connectivity index is 2.18. The highest BCUT2D eigenvalue weighted by Gasteiger charge is 2.17. The molecular formula is C6H13NO2. The largest absolute Gasteiger partial charge is 0.394 e. The minimum atomic E-state index is 0.0461. The molecule has 0 aromatic carbocycles. The molecule has 0 aromatic heterocycles. The number of aliphatic hydroxyl groups excluding tert-OH is 1. The van der Waals surface area contributed by atoms with Crippen LogP contribution in [0.1, 0.15) is 12.8 Å². The SMILES string of the molecule is NC1CC[C@@H](CO)OC1. The molecule has 9 heavy (non-hydrogen) atoms. The zero-order chi connectivity index (χ0) is 6.69. The lowest BCUT2D eigenvalue weighted by atomic mass is 10.1. The van der Waals surface area contributed by atoms with E-state index in [9.17, 15) is 0 Å². The Morgan fingerprint density at radius 2 is 2.33 bits per heavy atom. The molecule has 2 atom stereocenters. The molecule has 0 radical (unpaired) electrons. The van der Waals surface area contributed by atoms with Gasteiger partial charge < -0.3 is 15.6 Å². The van der Waals surface area contributed by atoms with Gasteiger partial charge in [-0.05, 0) is 12.8 Å². The van der Waals surface area contributed by atoms with Crippen molar-refractivity contribution >= 4 is 0 Å². The molecule has 3 nitrogen and oxygen atoms in total. The summed E-state index contributed by atoms with van der Waals surface area (Å²) >= 11 is 0. The van der Waals surface area contributed by atoms with Gasteiger partial charge in [0, 0.05) is 6.04 Å². The molecule has 0 aliphatic carbocycles. The predicted molar refractivity (Wildman–Crippen MR) is 34.0 cm³/mol. The number of ether oxygens (including phenoxy) is 1. The van der Waals surface area contributed by atoms with E-state index < -0.39 is 0 Å². The van der Waals surface area contributed by atoms with Crippen molar-refractivity contribution in [3.63, 3.8) is 0 Å². The Labute approximate surface area is 54.8 Å². The molecule has 1 saturated heterocycles. The first kappa shape index (κ1) is 6.99. The summed E-state index contributed by atoms with van der Waals surface area (Å²) in [6.07, 6.45) is 1.92. The van der Waals surface area contributed by atoms with Crippen molar-refractivity contribution < 1.29 is 9.84 Å². The van der Waals surface area contributed by atoms with Crippen molar-refractivity contribution in [1.82, 2.24) is 0 Å². The van der Waals surface area contributed by atoms with Crippen LogP contribution in [0.2, 0.25) is 0 Å². The van der Waals surface area contributed by atoms with Crippen LogP contribution in [-0.2, 0) is 4.74 Å². The lowest BCUT2D eigenvalue weighted by Crippen LogP contribution is -2.36. The Hall–Kier alpha value is -0.120. The average Bonchev–Trinajstić information content (AvgIpc) is 1.90. The van der Waals surface area contributed by atoms with E-state index in [1.165, 1.54) is 0 Å². The maximum Gasteiger partial charge on any atom is 0.0807 e. The summed E-state index contributed by atoms with van der Waals surface area (Å²) in [5.41, 5.74) is 5.55. The Bertz CT molecular complexity index is 79.1. The van der Waals surface area contributed by atoms with Crippen LogP contribution in [0.3, 0.4) is 0 Å². The predicted octanol–water partition coefficient (Wildman–Crippen LogP) is -0.515. The molecule has 0 bridgehead atoms. The van der Waals surface area contributed by atoms with Gasteiger partial charge in [0.05, 0.1) is 19.3 Å². The van der Waals surface area contributed by atoms with Gasteiger partial charge in [-0.2, -0.15) is 0 Å². The van der Waals surface area contributed by atoms with Crippen LogP contribution >= 0.6 is 0 Å². The summed E-state index contributed by atoms with van der Waals surface area (Å²) in [5, 5.41) is 8.61. The van der Waals surface area contributed by atoms with Crippen LogP contribution in [0.15, 0.2) is 0 Å². The third-order valence-electron chi connectivity index (χ3n) is 1.61. The zero-order valence-electron chi connectivity index (χ0n) is 5.42. The van der Waals surface area contributed by atoms with Gasteiger partial charge in [-0.1, -0.05) is 0 Å². The fourth-order valence-electron chi connectivity index (χ4n) is 0.970. The first-order valence-corrected chi connectivity index (χ1v) is 3.31. The Kier molecular flexibility index (Phi) is 2.45. The first-order chi connectivity index (χ1) is 4.33. The molecule has 1 fully saturated rings. The maximum atomic E-state index is 8.61. The summed E-state index contributed by atoms with van der Waals surface area (Å²) in [5.74, 6) is 0. The molecule has 1 heterocycles. The third-order valence-corrected chi connectivity index (χ3v) is 1.61. The molecule has 1 rings (SSSR count). The highest BCUT2D eigenvalue weighted by molar-refractivity contribution is 4.70. The zero-order valence-corrected chi connectivity index (χ0v) is 5.42. The van der Waals surface area contributed by atoms with Gasteiger partial charge in [0.2, 0.25) is 0 Å². The average molecular weight is 131 g/mol. The van der Waals surface area contributed by atoms with Gasteiger partial charge >= 0.3 is 0 Å². The van der Waals surface area contributed by atoms with E-state index in [1.54, 1.807) is 0 Å². The molecule has 0 aromatic rings. The maximum absolute atomic E-state index is 8.61. The topological polar surface area (TPSA) is 55.5 Å². The van der Waals surface area contributed by atoms with Crippen LogP contribution in [-0.4, -0.2) is 30.5 Å². The molecule has 3 heteroatoms. The van der Waals surface area contributed by atoms with Crippen molar-refractivity contribution in [3.05, 3.63) is 0 Å². The fourth-order valence-corrected chi connectivity index (χ4v) is 0.970. The molecule has 1 aliphatic rings. The van der Waals surface area contributed by atoms with E-state index >= 15 is 0 Å². The standard InChI is InChI=1S/C6H13NO2/c7-5-1-2-6(3-8)9-4-5/h5-6,8H,1-4,7H2/t5?,6-/m0/s1. The quantitative estimate of drug-likeness (QED) is 0.503. The molecule has 0 spiro atoms. The number of hydrogen-bond acceptors (Lipinski definition) is 3. The van der Waals surface area contributed by atoms with E-state index in [4.69, 9.17) is 15.6 Å². The number of nitrogens with two attached hydrogens (primary N) is 1. The van der Waals surface area contributed by atoms with Gasteiger partial charge in [0.25, 0.3) is 0 Å². The van der Waals surface area contributed by atoms with Crippen LogP contribution in [0, 0.1) is 0 Å². The summed E-state index contributed by atoms with van der Waals surface area (Å²) in [6.45, 7) is 0.734. The monoisotopic (exact) mass is 131 g/mol. The van der Waals surface area contributed by atoms with E-state index in [0.717, 1.165) is 12.8 Å². The van der Waals surface area contributed by atoms with Gasteiger partial charge in [-0.15, -0.1) is 0 Å². The van der Waals surface area contributed by atoms with Crippen molar-refractivity contribution in [3.8, 4) is 0 Å². The number of hydrogen-bond donors (Lipinski definition) is 2. The number of aliphatic hydroxyl groups is 1. The van der Waals surface area contributed by atoms with Crippen molar-refractivity contribution in [1.29, 1.82) is 0 Å². The minimum absolute atomic E-state index is 0.0461. The molecule has 54 valence electrons. The van der Waals surface area contributed by atoms with Gasteiger partial charge in [-0.25, -0.2) is 0 Å². The summed E-state index contributed by atoms with van der Waals surface area (Å²) < 4.78 is 5.16. The normalized spacial score (nSPS) is 36.7. The van der Waals surface area contributed by atoms with Gasteiger partial charge in [-0.3, -0.25) is 0 Å². The van der Waals surface area contributed by atoms with Crippen LogP contribution < -0.4 is 5.73 Å².